The summed E-state index contributed by atoms with van der Waals surface area (Å²) in [7, 11) is 1.61. The third kappa shape index (κ3) is 9.73. The molecule has 0 rings (SSSR count). The Bertz CT molecular complexity index is 172. The van der Waals surface area contributed by atoms with Crippen molar-refractivity contribution in [1.29, 1.82) is 0 Å². The van der Waals surface area contributed by atoms with Gasteiger partial charge in [0.25, 0.3) is 0 Å². The molecular formula is C11H22O5. The maximum atomic E-state index is 11.0. The molecule has 1 unspecified atom stereocenters. The molecule has 0 N–H and O–H groups in total. The summed E-state index contributed by atoms with van der Waals surface area (Å²) in [6, 6.07) is 0. The summed E-state index contributed by atoms with van der Waals surface area (Å²) in [5.41, 5.74) is 0. The van der Waals surface area contributed by atoms with Crippen LogP contribution in [0.1, 0.15) is 26.7 Å². The minimum atomic E-state index is -0.629. The minimum Gasteiger partial charge on any atom is -0.434 e. The summed E-state index contributed by atoms with van der Waals surface area (Å²) in [5, 5.41) is 0. The zero-order chi connectivity index (χ0) is 12.2. The standard InChI is InChI=1S/C11H22O5/c1-4-5-6-15-11(12)16-9-10(2)14-8-7-13-3/h10H,4-9H2,1-3H3. The third-order valence-corrected chi connectivity index (χ3v) is 1.84. The molecule has 16 heavy (non-hydrogen) atoms. The van der Waals surface area contributed by atoms with Crippen LogP contribution in [0.15, 0.2) is 0 Å². The van der Waals surface area contributed by atoms with Crippen molar-refractivity contribution in [3.63, 3.8) is 0 Å². The maximum Gasteiger partial charge on any atom is 0.508 e. The Morgan fingerprint density at radius 3 is 2.56 bits per heavy atom. The van der Waals surface area contributed by atoms with E-state index >= 15 is 0 Å². The first-order chi connectivity index (χ1) is 7.70. The van der Waals surface area contributed by atoms with Gasteiger partial charge in [-0.2, -0.15) is 0 Å². The van der Waals surface area contributed by atoms with Crippen molar-refractivity contribution in [3.05, 3.63) is 0 Å². The molecule has 0 fully saturated rings. The molecule has 5 heteroatoms. The highest BCUT2D eigenvalue weighted by atomic mass is 16.7. The average Bonchev–Trinajstić information content (AvgIpc) is 2.27. The highest BCUT2D eigenvalue weighted by Crippen LogP contribution is 1.96. The van der Waals surface area contributed by atoms with Crippen molar-refractivity contribution in [2.24, 2.45) is 0 Å². The van der Waals surface area contributed by atoms with Crippen LogP contribution in [0, 0.1) is 0 Å². The second-order valence-electron chi connectivity index (χ2n) is 3.44. The number of hydrogen-bond donors (Lipinski definition) is 0. The third-order valence-electron chi connectivity index (χ3n) is 1.84. The quantitative estimate of drug-likeness (QED) is 0.451. The van der Waals surface area contributed by atoms with Crippen molar-refractivity contribution >= 4 is 6.16 Å². The zero-order valence-electron chi connectivity index (χ0n) is 10.4. The largest absolute Gasteiger partial charge is 0.508 e. The molecule has 0 radical (unpaired) electrons. The SMILES string of the molecule is CCCCOC(=O)OCC(C)OCCOC. The normalized spacial score (nSPS) is 12.2. The van der Waals surface area contributed by atoms with Crippen LogP contribution in [0.4, 0.5) is 4.79 Å². The van der Waals surface area contributed by atoms with E-state index in [9.17, 15) is 4.79 Å². The Balaban J connectivity index is 3.36. The van der Waals surface area contributed by atoms with Crippen LogP contribution in [0.3, 0.4) is 0 Å². The van der Waals surface area contributed by atoms with Crippen molar-refractivity contribution in [2.75, 3.05) is 33.5 Å². The van der Waals surface area contributed by atoms with E-state index in [1.165, 1.54) is 0 Å². The lowest BCUT2D eigenvalue weighted by atomic mass is 10.4. The van der Waals surface area contributed by atoms with Crippen LogP contribution in [-0.4, -0.2) is 45.8 Å². The van der Waals surface area contributed by atoms with Crippen LogP contribution >= 0.6 is 0 Å². The van der Waals surface area contributed by atoms with E-state index in [1.807, 2.05) is 13.8 Å². The molecule has 0 aliphatic heterocycles. The van der Waals surface area contributed by atoms with Crippen LogP contribution in [0.2, 0.25) is 0 Å². The summed E-state index contributed by atoms with van der Waals surface area (Å²) in [5.74, 6) is 0. The highest BCUT2D eigenvalue weighted by Gasteiger charge is 2.08. The molecule has 0 aromatic heterocycles. The van der Waals surface area contributed by atoms with Gasteiger partial charge in [0.1, 0.15) is 6.61 Å². The summed E-state index contributed by atoms with van der Waals surface area (Å²) < 4.78 is 19.8. The first-order valence-electron chi connectivity index (χ1n) is 5.60. The lowest BCUT2D eigenvalue weighted by Gasteiger charge is -2.12. The van der Waals surface area contributed by atoms with Gasteiger partial charge in [0, 0.05) is 7.11 Å². The fourth-order valence-electron chi connectivity index (χ4n) is 0.908. The predicted octanol–water partition coefficient (Wildman–Crippen LogP) is 1.99. The molecule has 5 nitrogen and oxygen atoms in total. The Kier molecular flexibility index (Phi) is 10.2. The predicted molar refractivity (Wildman–Crippen MR) is 59.5 cm³/mol. The van der Waals surface area contributed by atoms with Crippen molar-refractivity contribution < 1.29 is 23.7 Å². The van der Waals surface area contributed by atoms with Gasteiger partial charge in [0.15, 0.2) is 0 Å². The van der Waals surface area contributed by atoms with Crippen LogP contribution < -0.4 is 0 Å². The molecule has 0 aliphatic carbocycles. The van der Waals surface area contributed by atoms with Crippen molar-refractivity contribution in [3.8, 4) is 0 Å². The van der Waals surface area contributed by atoms with E-state index in [1.54, 1.807) is 7.11 Å². The lowest BCUT2D eigenvalue weighted by Crippen LogP contribution is -2.21. The van der Waals surface area contributed by atoms with Crippen molar-refractivity contribution in [1.82, 2.24) is 0 Å². The van der Waals surface area contributed by atoms with Crippen LogP contribution in [0.5, 0.6) is 0 Å². The fraction of sp³-hybridized carbons (Fsp3) is 0.909. The highest BCUT2D eigenvalue weighted by molar-refractivity contribution is 5.59. The van der Waals surface area contributed by atoms with Gasteiger partial charge < -0.3 is 18.9 Å². The summed E-state index contributed by atoms with van der Waals surface area (Å²) in [6.45, 7) is 5.50. The van der Waals surface area contributed by atoms with E-state index in [-0.39, 0.29) is 12.7 Å². The average molecular weight is 234 g/mol. The molecular weight excluding hydrogens is 212 g/mol. The van der Waals surface area contributed by atoms with Gasteiger partial charge in [-0.15, -0.1) is 0 Å². The Hall–Kier alpha value is -0.810. The number of carbonyl (C=O) groups is 1. The van der Waals surface area contributed by atoms with Crippen LogP contribution in [0.25, 0.3) is 0 Å². The topological polar surface area (TPSA) is 54.0 Å². The molecule has 0 bridgehead atoms. The number of carbonyl (C=O) groups excluding carboxylic acids is 1. The smallest absolute Gasteiger partial charge is 0.434 e. The molecule has 0 saturated carbocycles. The monoisotopic (exact) mass is 234 g/mol. The molecule has 0 aromatic carbocycles. The Labute approximate surface area is 97.0 Å². The summed E-state index contributed by atoms with van der Waals surface area (Å²) in [4.78, 5) is 11.0. The number of rotatable bonds is 9. The lowest BCUT2D eigenvalue weighted by molar-refractivity contribution is -0.0226. The van der Waals surface area contributed by atoms with E-state index in [0.29, 0.717) is 19.8 Å². The van der Waals surface area contributed by atoms with Gasteiger partial charge in [0.2, 0.25) is 0 Å². The van der Waals surface area contributed by atoms with Gasteiger partial charge in [-0.05, 0) is 13.3 Å². The first-order valence-corrected chi connectivity index (χ1v) is 5.60. The molecule has 0 aliphatic rings. The van der Waals surface area contributed by atoms with E-state index in [2.05, 4.69) is 0 Å². The molecule has 0 saturated heterocycles. The van der Waals surface area contributed by atoms with Crippen LogP contribution in [-0.2, 0) is 18.9 Å². The number of unbranched alkanes of at least 4 members (excludes halogenated alkanes) is 1. The molecule has 0 spiro atoms. The Morgan fingerprint density at radius 1 is 1.19 bits per heavy atom. The van der Waals surface area contributed by atoms with E-state index in [4.69, 9.17) is 18.9 Å². The zero-order valence-corrected chi connectivity index (χ0v) is 10.4. The molecule has 0 aromatic rings. The van der Waals surface area contributed by atoms with E-state index in [0.717, 1.165) is 12.8 Å². The summed E-state index contributed by atoms with van der Waals surface area (Å²) >= 11 is 0. The molecule has 96 valence electrons. The molecule has 0 amide bonds. The van der Waals surface area contributed by atoms with Gasteiger partial charge in [-0.25, -0.2) is 4.79 Å². The maximum absolute atomic E-state index is 11.0. The fourth-order valence-corrected chi connectivity index (χ4v) is 0.908. The Morgan fingerprint density at radius 2 is 1.94 bits per heavy atom. The van der Waals surface area contributed by atoms with Crippen molar-refractivity contribution in [2.45, 2.75) is 32.8 Å². The van der Waals surface area contributed by atoms with Gasteiger partial charge in [0.05, 0.1) is 25.9 Å². The second-order valence-corrected chi connectivity index (χ2v) is 3.44. The summed E-state index contributed by atoms with van der Waals surface area (Å²) in [6.07, 6.45) is 1.07. The van der Waals surface area contributed by atoms with Gasteiger partial charge in [-0.3, -0.25) is 0 Å². The minimum absolute atomic E-state index is 0.145. The van der Waals surface area contributed by atoms with Gasteiger partial charge >= 0.3 is 6.16 Å². The number of hydrogen-bond acceptors (Lipinski definition) is 5. The molecule has 1 atom stereocenters. The first kappa shape index (κ1) is 15.2. The van der Waals surface area contributed by atoms with E-state index < -0.39 is 6.16 Å². The van der Waals surface area contributed by atoms with Gasteiger partial charge in [-0.1, -0.05) is 13.3 Å². The number of ether oxygens (including phenoxy) is 4. The second kappa shape index (κ2) is 10.7. The number of methoxy groups -OCH3 is 1. The molecule has 0 heterocycles.